The number of nitrogens with one attached hydrogen (secondary N) is 1. The van der Waals surface area contributed by atoms with Gasteiger partial charge in [0.15, 0.2) is 0 Å². The van der Waals surface area contributed by atoms with E-state index in [4.69, 9.17) is 0 Å². The molecular weight excluding hydrogens is 331 g/mol. The number of benzene rings is 1. The van der Waals surface area contributed by atoms with Crippen molar-refractivity contribution in [2.75, 3.05) is 24.5 Å². The van der Waals surface area contributed by atoms with Gasteiger partial charge in [-0.25, -0.2) is 4.39 Å². The van der Waals surface area contributed by atoms with E-state index in [1.54, 1.807) is 21.8 Å². The Morgan fingerprint density at radius 2 is 2.08 bits per heavy atom. The molecule has 5 nitrogen and oxygen atoms in total. The maximum atomic E-state index is 13.6. The van der Waals surface area contributed by atoms with Gasteiger partial charge >= 0.3 is 0 Å². The van der Waals surface area contributed by atoms with Crippen molar-refractivity contribution < 1.29 is 9.18 Å². The molecule has 0 saturated carbocycles. The third-order valence-corrected chi connectivity index (χ3v) is 4.96. The monoisotopic (exact) mass is 350 g/mol. The van der Waals surface area contributed by atoms with Gasteiger partial charge in [-0.1, -0.05) is 6.07 Å². The highest BCUT2D eigenvalue weighted by atomic mass is 35.5. The van der Waals surface area contributed by atoms with Crippen molar-refractivity contribution in [1.82, 2.24) is 15.1 Å². The number of nitrogens with zero attached hydrogens (tertiary/aromatic N) is 3. The molecule has 1 N–H and O–H groups in total. The van der Waals surface area contributed by atoms with Crippen LogP contribution in [0.2, 0.25) is 0 Å². The van der Waals surface area contributed by atoms with E-state index >= 15 is 0 Å². The smallest absolute Gasteiger partial charge is 0.255 e. The number of piperidine rings is 1. The van der Waals surface area contributed by atoms with Crippen LogP contribution in [0.25, 0.3) is 0 Å². The fourth-order valence-corrected chi connectivity index (χ4v) is 3.72. The van der Waals surface area contributed by atoms with Crippen molar-refractivity contribution >= 4 is 24.0 Å². The lowest BCUT2D eigenvalue weighted by Gasteiger charge is -2.39. The predicted molar refractivity (Wildman–Crippen MR) is 92.0 cm³/mol. The van der Waals surface area contributed by atoms with Crippen molar-refractivity contribution in [2.45, 2.75) is 24.8 Å². The molecule has 0 atom stereocenters. The van der Waals surface area contributed by atoms with Crippen LogP contribution in [0.4, 0.5) is 10.1 Å². The number of hydrogen-bond acceptors (Lipinski definition) is 3. The number of rotatable bonds is 2. The zero-order valence-electron chi connectivity index (χ0n) is 13.2. The first-order valence-electron chi connectivity index (χ1n) is 8.02. The van der Waals surface area contributed by atoms with Crippen molar-refractivity contribution in [3.63, 3.8) is 0 Å². The molecule has 0 bridgehead atoms. The molecule has 0 aliphatic carbocycles. The highest BCUT2D eigenvalue weighted by molar-refractivity contribution is 6.00. The molecule has 1 aromatic heterocycles. The SMILES string of the molecule is Cl.O=C(N1CCc2ccc(F)cc21)C1(n2cccn2)CCNCC1. The van der Waals surface area contributed by atoms with Gasteiger partial charge in [-0.05, 0) is 56.1 Å². The Bertz CT molecular complexity index is 728. The molecule has 2 aliphatic heterocycles. The lowest BCUT2D eigenvalue weighted by Crippen LogP contribution is -2.55. The second-order valence-corrected chi connectivity index (χ2v) is 6.21. The summed E-state index contributed by atoms with van der Waals surface area (Å²) in [6, 6.07) is 6.55. The summed E-state index contributed by atoms with van der Waals surface area (Å²) >= 11 is 0. The maximum Gasteiger partial charge on any atom is 0.255 e. The topological polar surface area (TPSA) is 50.2 Å². The van der Waals surface area contributed by atoms with Gasteiger partial charge in [0, 0.05) is 24.6 Å². The van der Waals surface area contributed by atoms with Gasteiger partial charge in [-0.2, -0.15) is 5.10 Å². The Morgan fingerprint density at radius 1 is 1.29 bits per heavy atom. The Hall–Kier alpha value is -1.92. The van der Waals surface area contributed by atoms with Gasteiger partial charge in [-0.15, -0.1) is 12.4 Å². The van der Waals surface area contributed by atoms with Gasteiger partial charge in [-0.3, -0.25) is 9.48 Å². The van der Waals surface area contributed by atoms with Crippen LogP contribution >= 0.6 is 12.4 Å². The summed E-state index contributed by atoms with van der Waals surface area (Å²) in [6.45, 7) is 2.15. The lowest BCUT2D eigenvalue weighted by molar-refractivity contribution is -0.129. The molecule has 128 valence electrons. The first kappa shape index (κ1) is 16.9. The largest absolute Gasteiger partial charge is 0.317 e. The van der Waals surface area contributed by atoms with E-state index < -0.39 is 5.54 Å². The second-order valence-electron chi connectivity index (χ2n) is 6.21. The molecule has 0 unspecified atom stereocenters. The number of carbonyl (C=O) groups is 1. The average molecular weight is 351 g/mol. The molecule has 3 heterocycles. The van der Waals surface area contributed by atoms with Crippen LogP contribution in [0.15, 0.2) is 36.7 Å². The summed E-state index contributed by atoms with van der Waals surface area (Å²) in [5.41, 5.74) is 1.06. The Morgan fingerprint density at radius 3 is 2.79 bits per heavy atom. The molecule has 24 heavy (non-hydrogen) atoms. The molecule has 1 aromatic carbocycles. The normalized spacial score (nSPS) is 18.8. The summed E-state index contributed by atoms with van der Waals surface area (Å²) < 4.78 is 15.4. The molecule has 1 saturated heterocycles. The fraction of sp³-hybridized carbons (Fsp3) is 0.412. The second kappa shape index (κ2) is 6.53. The molecule has 2 aliphatic rings. The molecule has 4 rings (SSSR count). The number of aromatic nitrogens is 2. The van der Waals surface area contributed by atoms with Crippen molar-refractivity contribution in [1.29, 1.82) is 0 Å². The van der Waals surface area contributed by atoms with Crippen LogP contribution in [-0.2, 0) is 16.8 Å². The van der Waals surface area contributed by atoms with Crippen molar-refractivity contribution in [2.24, 2.45) is 0 Å². The van der Waals surface area contributed by atoms with Gasteiger partial charge in [0.2, 0.25) is 0 Å². The summed E-state index contributed by atoms with van der Waals surface area (Å²) in [7, 11) is 0. The van der Waals surface area contributed by atoms with Crippen LogP contribution in [0.3, 0.4) is 0 Å². The van der Waals surface area contributed by atoms with Crippen LogP contribution in [0.5, 0.6) is 0 Å². The molecule has 2 aromatic rings. The molecule has 0 radical (unpaired) electrons. The number of hydrogen-bond donors (Lipinski definition) is 1. The van der Waals surface area contributed by atoms with Crippen molar-refractivity contribution in [3.05, 3.63) is 48.0 Å². The zero-order chi connectivity index (χ0) is 15.9. The van der Waals surface area contributed by atoms with Gasteiger partial charge in [0.25, 0.3) is 5.91 Å². The third-order valence-electron chi connectivity index (χ3n) is 4.96. The minimum absolute atomic E-state index is 0. The van der Waals surface area contributed by atoms with Crippen LogP contribution in [0.1, 0.15) is 18.4 Å². The summed E-state index contributed by atoms with van der Waals surface area (Å²) in [5, 5.41) is 7.65. The molecule has 7 heteroatoms. The maximum absolute atomic E-state index is 13.6. The molecule has 0 spiro atoms. The number of fused-ring (bicyclic) bond motifs is 1. The number of anilines is 1. The standard InChI is InChI=1S/C17H19FN4O.ClH/c18-14-3-2-13-4-11-21(15(13)12-14)16(23)17(5-8-19-9-6-17)22-10-1-7-20-22;/h1-3,7,10,12,19H,4-6,8-9,11H2;1H. The average Bonchev–Trinajstić information content (AvgIpc) is 3.24. The highest BCUT2D eigenvalue weighted by Crippen LogP contribution is 2.35. The number of halogens is 2. The van der Waals surface area contributed by atoms with E-state index in [1.807, 2.05) is 12.3 Å². The first-order chi connectivity index (χ1) is 11.2. The van der Waals surface area contributed by atoms with Crippen LogP contribution in [-0.4, -0.2) is 35.3 Å². The Kier molecular flexibility index (Phi) is 4.60. The third kappa shape index (κ3) is 2.59. The molecular formula is C17H20ClFN4O. The van der Waals surface area contributed by atoms with Gasteiger partial charge < -0.3 is 10.2 Å². The summed E-state index contributed by atoms with van der Waals surface area (Å²) in [6.07, 6.45) is 5.71. The quantitative estimate of drug-likeness (QED) is 0.902. The first-order valence-corrected chi connectivity index (χ1v) is 8.02. The molecule has 1 fully saturated rings. The van der Waals surface area contributed by atoms with E-state index in [1.165, 1.54) is 12.1 Å². The van der Waals surface area contributed by atoms with E-state index in [9.17, 15) is 9.18 Å². The lowest BCUT2D eigenvalue weighted by atomic mass is 9.86. The van der Waals surface area contributed by atoms with Crippen LogP contribution in [0, 0.1) is 5.82 Å². The van der Waals surface area contributed by atoms with Gasteiger partial charge in [0.1, 0.15) is 11.4 Å². The summed E-state index contributed by atoms with van der Waals surface area (Å²) in [5.74, 6) is -0.283. The molecule has 1 amide bonds. The van der Waals surface area contributed by atoms with E-state index in [0.717, 1.165) is 25.1 Å². The van der Waals surface area contributed by atoms with Gasteiger partial charge in [0.05, 0.1) is 0 Å². The number of amides is 1. The Balaban J connectivity index is 0.00000169. The van der Waals surface area contributed by atoms with Crippen LogP contribution < -0.4 is 10.2 Å². The summed E-state index contributed by atoms with van der Waals surface area (Å²) in [4.78, 5) is 15.2. The predicted octanol–water partition coefficient (Wildman–Crippen LogP) is 2.11. The van der Waals surface area contributed by atoms with Crippen molar-refractivity contribution in [3.8, 4) is 0 Å². The zero-order valence-corrected chi connectivity index (χ0v) is 14.1. The Labute approximate surface area is 146 Å². The van der Waals surface area contributed by atoms with E-state index in [0.29, 0.717) is 25.1 Å². The minimum atomic E-state index is -0.678. The number of carbonyl (C=O) groups excluding carboxylic acids is 1. The fourth-order valence-electron chi connectivity index (χ4n) is 3.72. The van der Waals surface area contributed by atoms with E-state index in [2.05, 4.69) is 10.4 Å². The minimum Gasteiger partial charge on any atom is -0.317 e. The highest BCUT2D eigenvalue weighted by Gasteiger charge is 2.46. The van der Waals surface area contributed by atoms with E-state index in [-0.39, 0.29) is 24.1 Å².